The lowest BCUT2D eigenvalue weighted by atomic mass is 10.0. The number of halogens is 1. The number of primary amides is 1. The number of rotatable bonds is 4. The molecule has 1 aromatic rings. The number of carbonyl (C=O) groups is 2. The second-order valence-electron chi connectivity index (χ2n) is 4.89. The average molecular weight is 279 g/mol. The van der Waals surface area contributed by atoms with Gasteiger partial charge in [0.05, 0.1) is 6.54 Å². The lowest BCUT2D eigenvalue weighted by Crippen LogP contribution is -2.49. The third-order valence-corrected chi connectivity index (χ3v) is 3.41. The van der Waals surface area contributed by atoms with Crippen LogP contribution in [0.5, 0.6) is 0 Å². The molecule has 0 aliphatic carbocycles. The SMILES string of the molecule is NC(=O)CN(C(=O)c1cccc(F)c1)C1CCNCC1. The summed E-state index contributed by atoms with van der Waals surface area (Å²) in [7, 11) is 0. The van der Waals surface area contributed by atoms with E-state index >= 15 is 0 Å². The van der Waals surface area contributed by atoms with E-state index < -0.39 is 11.7 Å². The second kappa shape index (κ2) is 6.47. The van der Waals surface area contributed by atoms with E-state index in [9.17, 15) is 14.0 Å². The summed E-state index contributed by atoms with van der Waals surface area (Å²) in [5, 5.41) is 3.20. The first kappa shape index (κ1) is 14.5. The molecule has 108 valence electrons. The fraction of sp³-hybridized carbons (Fsp3) is 0.429. The largest absolute Gasteiger partial charge is 0.368 e. The molecule has 0 atom stereocenters. The van der Waals surface area contributed by atoms with Gasteiger partial charge in [-0.2, -0.15) is 0 Å². The van der Waals surface area contributed by atoms with E-state index in [4.69, 9.17) is 5.73 Å². The van der Waals surface area contributed by atoms with Gasteiger partial charge in [0.1, 0.15) is 5.82 Å². The third kappa shape index (κ3) is 3.54. The maximum Gasteiger partial charge on any atom is 0.254 e. The zero-order valence-corrected chi connectivity index (χ0v) is 11.1. The average Bonchev–Trinajstić information content (AvgIpc) is 2.45. The minimum atomic E-state index is -0.562. The van der Waals surface area contributed by atoms with Crippen LogP contribution in [0.4, 0.5) is 4.39 Å². The molecular weight excluding hydrogens is 261 g/mol. The van der Waals surface area contributed by atoms with Gasteiger partial charge in [0, 0.05) is 11.6 Å². The van der Waals surface area contributed by atoms with Gasteiger partial charge in [-0.15, -0.1) is 0 Å². The standard InChI is InChI=1S/C14H18FN3O2/c15-11-3-1-2-10(8-11)14(20)18(9-13(16)19)12-4-6-17-7-5-12/h1-3,8,12,17H,4-7,9H2,(H2,16,19). The molecule has 6 heteroatoms. The van der Waals surface area contributed by atoms with Crippen LogP contribution >= 0.6 is 0 Å². The molecule has 0 radical (unpaired) electrons. The number of piperidine rings is 1. The van der Waals surface area contributed by atoms with Crippen LogP contribution in [0.1, 0.15) is 23.2 Å². The normalized spacial score (nSPS) is 15.8. The predicted octanol–water partition coefficient (Wildman–Crippen LogP) is 0.505. The van der Waals surface area contributed by atoms with Gasteiger partial charge >= 0.3 is 0 Å². The molecule has 1 fully saturated rings. The smallest absolute Gasteiger partial charge is 0.254 e. The molecule has 0 saturated carbocycles. The van der Waals surface area contributed by atoms with E-state index in [1.165, 1.54) is 23.1 Å². The summed E-state index contributed by atoms with van der Waals surface area (Å²) in [6, 6.07) is 5.44. The Labute approximate surface area is 116 Å². The first-order valence-corrected chi connectivity index (χ1v) is 6.63. The van der Waals surface area contributed by atoms with Gasteiger partial charge in [-0.05, 0) is 44.1 Å². The van der Waals surface area contributed by atoms with Gasteiger partial charge in [0.2, 0.25) is 5.91 Å². The van der Waals surface area contributed by atoms with Crippen molar-refractivity contribution in [2.75, 3.05) is 19.6 Å². The summed E-state index contributed by atoms with van der Waals surface area (Å²) in [5.41, 5.74) is 5.46. The minimum absolute atomic E-state index is 0.0421. The lowest BCUT2D eigenvalue weighted by molar-refractivity contribution is -0.119. The van der Waals surface area contributed by atoms with E-state index in [2.05, 4.69) is 5.32 Å². The molecule has 0 bridgehead atoms. The van der Waals surface area contributed by atoms with Gasteiger partial charge in [0.25, 0.3) is 5.91 Å². The van der Waals surface area contributed by atoms with E-state index in [-0.39, 0.29) is 24.1 Å². The topological polar surface area (TPSA) is 75.4 Å². The van der Waals surface area contributed by atoms with Crippen molar-refractivity contribution >= 4 is 11.8 Å². The third-order valence-electron chi connectivity index (χ3n) is 3.41. The maximum absolute atomic E-state index is 13.2. The Morgan fingerprint density at radius 1 is 1.35 bits per heavy atom. The number of benzene rings is 1. The van der Waals surface area contributed by atoms with Gasteiger partial charge in [-0.25, -0.2) is 4.39 Å². The highest BCUT2D eigenvalue weighted by Crippen LogP contribution is 2.16. The Kier molecular flexibility index (Phi) is 4.68. The zero-order chi connectivity index (χ0) is 14.5. The summed E-state index contributed by atoms with van der Waals surface area (Å²) >= 11 is 0. The molecule has 0 aromatic heterocycles. The number of hydrogen-bond acceptors (Lipinski definition) is 3. The van der Waals surface area contributed by atoms with E-state index in [0.717, 1.165) is 25.9 Å². The number of nitrogens with zero attached hydrogens (tertiary/aromatic N) is 1. The monoisotopic (exact) mass is 279 g/mol. The Bertz CT molecular complexity index is 501. The highest BCUT2D eigenvalue weighted by molar-refractivity contribution is 5.96. The summed E-state index contributed by atoms with van der Waals surface area (Å²) < 4.78 is 13.2. The summed E-state index contributed by atoms with van der Waals surface area (Å²) in [4.78, 5) is 25.1. The zero-order valence-electron chi connectivity index (χ0n) is 11.1. The molecule has 3 N–H and O–H groups in total. The highest BCUT2D eigenvalue weighted by atomic mass is 19.1. The van der Waals surface area contributed by atoms with Crippen molar-refractivity contribution in [3.63, 3.8) is 0 Å². The molecule has 1 aromatic carbocycles. The molecule has 1 saturated heterocycles. The van der Waals surface area contributed by atoms with Gasteiger partial charge < -0.3 is 16.0 Å². The van der Waals surface area contributed by atoms with Crippen LogP contribution in [0, 0.1) is 5.82 Å². The van der Waals surface area contributed by atoms with Crippen LogP contribution in [0.2, 0.25) is 0 Å². The molecule has 0 unspecified atom stereocenters. The van der Waals surface area contributed by atoms with E-state index in [0.29, 0.717) is 0 Å². The molecule has 0 spiro atoms. The van der Waals surface area contributed by atoms with Crippen LogP contribution in [-0.2, 0) is 4.79 Å². The number of amides is 2. The minimum Gasteiger partial charge on any atom is -0.368 e. The van der Waals surface area contributed by atoms with Crippen LogP contribution in [-0.4, -0.2) is 42.4 Å². The molecule has 1 aliphatic rings. The van der Waals surface area contributed by atoms with Crippen LogP contribution in [0.3, 0.4) is 0 Å². The fourth-order valence-corrected chi connectivity index (χ4v) is 2.44. The van der Waals surface area contributed by atoms with Gasteiger partial charge in [-0.3, -0.25) is 9.59 Å². The van der Waals surface area contributed by atoms with Crippen molar-refractivity contribution in [2.24, 2.45) is 5.73 Å². The Morgan fingerprint density at radius 2 is 2.05 bits per heavy atom. The quantitative estimate of drug-likeness (QED) is 0.843. The molecule has 1 aliphatic heterocycles. The molecular formula is C14H18FN3O2. The van der Waals surface area contributed by atoms with Gasteiger partial charge in [-0.1, -0.05) is 6.07 Å². The fourth-order valence-electron chi connectivity index (χ4n) is 2.44. The molecule has 2 amide bonds. The molecule has 1 heterocycles. The first-order valence-electron chi connectivity index (χ1n) is 6.63. The molecule has 2 rings (SSSR count). The van der Waals surface area contributed by atoms with Gasteiger partial charge in [0.15, 0.2) is 0 Å². The van der Waals surface area contributed by atoms with E-state index in [1.54, 1.807) is 6.07 Å². The number of carbonyl (C=O) groups excluding carboxylic acids is 2. The Hall–Kier alpha value is -1.95. The van der Waals surface area contributed by atoms with Crippen molar-refractivity contribution in [3.8, 4) is 0 Å². The van der Waals surface area contributed by atoms with Crippen molar-refractivity contribution in [2.45, 2.75) is 18.9 Å². The van der Waals surface area contributed by atoms with Crippen molar-refractivity contribution < 1.29 is 14.0 Å². The van der Waals surface area contributed by atoms with E-state index in [1.807, 2.05) is 0 Å². The summed E-state index contributed by atoms with van der Waals surface area (Å²) in [6.45, 7) is 1.44. The summed E-state index contributed by atoms with van der Waals surface area (Å²) in [5.74, 6) is -1.39. The second-order valence-corrected chi connectivity index (χ2v) is 4.89. The number of nitrogens with two attached hydrogens (primary N) is 1. The molecule has 5 nitrogen and oxygen atoms in total. The van der Waals surface area contributed by atoms with Crippen LogP contribution < -0.4 is 11.1 Å². The first-order chi connectivity index (χ1) is 9.58. The summed E-state index contributed by atoms with van der Waals surface area (Å²) in [6.07, 6.45) is 1.52. The van der Waals surface area contributed by atoms with Crippen molar-refractivity contribution in [1.29, 1.82) is 0 Å². The predicted molar refractivity (Wildman–Crippen MR) is 72.5 cm³/mol. The Morgan fingerprint density at radius 3 is 2.65 bits per heavy atom. The number of nitrogens with one attached hydrogen (secondary N) is 1. The highest BCUT2D eigenvalue weighted by Gasteiger charge is 2.27. The maximum atomic E-state index is 13.2. The number of hydrogen-bond donors (Lipinski definition) is 2. The van der Waals surface area contributed by atoms with Crippen LogP contribution in [0.15, 0.2) is 24.3 Å². The Balaban J connectivity index is 2.20. The van der Waals surface area contributed by atoms with Crippen LogP contribution in [0.25, 0.3) is 0 Å². The van der Waals surface area contributed by atoms with Crippen molar-refractivity contribution in [3.05, 3.63) is 35.6 Å². The van der Waals surface area contributed by atoms with Crippen molar-refractivity contribution in [1.82, 2.24) is 10.2 Å². The molecule has 20 heavy (non-hydrogen) atoms. The lowest BCUT2D eigenvalue weighted by Gasteiger charge is -2.34.